The van der Waals surface area contributed by atoms with Crippen LogP contribution < -0.4 is 10.6 Å². The van der Waals surface area contributed by atoms with Gasteiger partial charge in [0, 0.05) is 32.1 Å². The lowest BCUT2D eigenvalue weighted by atomic mass is 9.89. The first-order valence-electron chi connectivity index (χ1n) is 9.16. The summed E-state index contributed by atoms with van der Waals surface area (Å²) in [5, 5.41) is 5.64. The number of hydrogen-bond acceptors (Lipinski definition) is 3. The largest absolute Gasteiger partial charge is 0.356 e. The molecule has 0 aliphatic heterocycles. The number of hydrogen-bond donors (Lipinski definition) is 2. The third-order valence-corrected chi connectivity index (χ3v) is 4.77. The van der Waals surface area contributed by atoms with Crippen molar-refractivity contribution in [2.45, 2.75) is 51.4 Å². The van der Waals surface area contributed by atoms with Gasteiger partial charge in [-0.2, -0.15) is 0 Å². The summed E-state index contributed by atoms with van der Waals surface area (Å²) < 4.78 is 2.07. The molecule has 0 unspecified atom stereocenters. The lowest BCUT2D eigenvalue weighted by Gasteiger charge is -2.20. The molecule has 6 heteroatoms. The van der Waals surface area contributed by atoms with Crippen LogP contribution in [0.1, 0.15) is 67.7 Å². The fraction of sp³-hybridized carbons (Fsp3) is 0.526. The average molecular weight is 342 g/mol. The Morgan fingerprint density at radius 1 is 1.16 bits per heavy atom. The van der Waals surface area contributed by atoms with Gasteiger partial charge < -0.3 is 15.0 Å². The third kappa shape index (κ3) is 4.18. The second-order valence-corrected chi connectivity index (χ2v) is 6.70. The van der Waals surface area contributed by atoms with Crippen molar-refractivity contribution in [3.8, 4) is 0 Å². The molecule has 2 aromatic heterocycles. The van der Waals surface area contributed by atoms with Crippen molar-refractivity contribution in [1.82, 2.24) is 20.0 Å². The average Bonchev–Trinajstić information content (AvgIpc) is 3.01. The van der Waals surface area contributed by atoms with Gasteiger partial charge in [0.2, 0.25) is 5.91 Å². The first-order chi connectivity index (χ1) is 12.2. The van der Waals surface area contributed by atoms with Crippen LogP contribution in [0.2, 0.25) is 0 Å². The standard InChI is InChI=1S/C19H26N4O2/c1-14(24)20-11-7-12-21-19(25)17-16-10-5-6-13-23(16)18(22-17)15-8-3-2-4-9-15/h5-6,10,13,15H,2-4,7-9,11-12H2,1H3,(H,20,24)(H,21,25). The molecule has 1 aliphatic carbocycles. The minimum Gasteiger partial charge on any atom is -0.356 e. The molecule has 1 saturated carbocycles. The van der Waals surface area contributed by atoms with Crippen molar-refractivity contribution in [3.05, 3.63) is 35.9 Å². The van der Waals surface area contributed by atoms with Gasteiger partial charge in [0.15, 0.2) is 5.69 Å². The smallest absolute Gasteiger partial charge is 0.272 e. The zero-order chi connectivity index (χ0) is 17.6. The number of imidazole rings is 1. The highest BCUT2D eigenvalue weighted by molar-refractivity contribution is 5.99. The minimum atomic E-state index is -0.145. The zero-order valence-electron chi connectivity index (χ0n) is 14.8. The number of fused-ring (bicyclic) bond motifs is 1. The molecule has 0 bridgehead atoms. The molecular weight excluding hydrogens is 316 g/mol. The van der Waals surface area contributed by atoms with Crippen molar-refractivity contribution in [1.29, 1.82) is 0 Å². The number of pyridine rings is 1. The van der Waals surface area contributed by atoms with Crippen LogP contribution in [0, 0.1) is 0 Å². The van der Waals surface area contributed by atoms with E-state index >= 15 is 0 Å². The molecule has 0 saturated heterocycles. The van der Waals surface area contributed by atoms with Crippen molar-refractivity contribution in [3.63, 3.8) is 0 Å². The highest BCUT2D eigenvalue weighted by atomic mass is 16.2. The summed E-state index contributed by atoms with van der Waals surface area (Å²) in [5.41, 5.74) is 1.36. The van der Waals surface area contributed by atoms with E-state index in [2.05, 4.69) is 15.0 Å². The van der Waals surface area contributed by atoms with Gasteiger partial charge in [-0.05, 0) is 31.4 Å². The molecule has 2 N–H and O–H groups in total. The molecule has 25 heavy (non-hydrogen) atoms. The summed E-state index contributed by atoms with van der Waals surface area (Å²) in [6, 6.07) is 5.87. The fourth-order valence-electron chi connectivity index (χ4n) is 3.52. The monoisotopic (exact) mass is 342 g/mol. The van der Waals surface area contributed by atoms with Crippen molar-refractivity contribution in [2.75, 3.05) is 13.1 Å². The number of aromatic nitrogens is 2. The Bertz CT molecular complexity index is 747. The summed E-state index contributed by atoms with van der Waals surface area (Å²) in [6.45, 7) is 2.57. The van der Waals surface area contributed by atoms with E-state index in [1.807, 2.05) is 24.4 Å². The predicted octanol–water partition coefficient (Wildman–Crippen LogP) is 2.64. The maximum atomic E-state index is 12.6. The lowest BCUT2D eigenvalue weighted by molar-refractivity contribution is -0.118. The maximum Gasteiger partial charge on any atom is 0.272 e. The molecule has 0 radical (unpaired) electrons. The number of amides is 2. The summed E-state index contributed by atoms with van der Waals surface area (Å²) in [7, 11) is 0. The van der Waals surface area contributed by atoms with Crippen molar-refractivity contribution >= 4 is 17.3 Å². The zero-order valence-corrected chi connectivity index (χ0v) is 14.8. The van der Waals surface area contributed by atoms with Crippen LogP contribution in [-0.2, 0) is 4.79 Å². The van der Waals surface area contributed by atoms with Crippen LogP contribution in [-0.4, -0.2) is 34.3 Å². The number of nitrogens with one attached hydrogen (secondary N) is 2. The Morgan fingerprint density at radius 3 is 2.68 bits per heavy atom. The first kappa shape index (κ1) is 17.5. The van der Waals surface area contributed by atoms with Gasteiger partial charge in [-0.3, -0.25) is 9.59 Å². The predicted molar refractivity (Wildman–Crippen MR) is 96.7 cm³/mol. The lowest BCUT2D eigenvalue weighted by Crippen LogP contribution is -2.29. The molecule has 2 heterocycles. The van der Waals surface area contributed by atoms with E-state index < -0.39 is 0 Å². The molecule has 1 aliphatic rings. The number of nitrogens with zero attached hydrogens (tertiary/aromatic N) is 2. The minimum absolute atomic E-state index is 0.0523. The molecule has 6 nitrogen and oxygen atoms in total. The summed E-state index contributed by atoms with van der Waals surface area (Å²) >= 11 is 0. The summed E-state index contributed by atoms with van der Waals surface area (Å²) in [4.78, 5) is 28.1. The van der Waals surface area contributed by atoms with Crippen molar-refractivity contribution < 1.29 is 9.59 Å². The molecule has 0 aromatic carbocycles. The molecule has 134 valence electrons. The molecule has 0 atom stereocenters. The fourth-order valence-corrected chi connectivity index (χ4v) is 3.52. The van der Waals surface area contributed by atoms with E-state index in [0.717, 1.165) is 24.2 Å². The molecular formula is C19H26N4O2. The van der Waals surface area contributed by atoms with Crippen LogP contribution in [0.4, 0.5) is 0 Å². The van der Waals surface area contributed by atoms with Gasteiger partial charge in [-0.15, -0.1) is 0 Å². The van der Waals surface area contributed by atoms with Gasteiger partial charge in [0.1, 0.15) is 5.82 Å². The van der Waals surface area contributed by atoms with Crippen LogP contribution in [0.5, 0.6) is 0 Å². The molecule has 0 spiro atoms. The Labute approximate surface area is 148 Å². The van der Waals surface area contributed by atoms with Gasteiger partial charge >= 0.3 is 0 Å². The summed E-state index contributed by atoms with van der Waals surface area (Å²) in [6.07, 6.45) is 8.75. The summed E-state index contributed by atoms with van der Waals surface area (Å²) in [5.74, 6) is 1.25. The van der Waals surface area contributed by atoms with E-state index in [4.69, 9.17) is 4.98 Å². The van der Waals surface area contributed by atoms with Gasteiger partial charge in [-0.25, -0.2) is 4.98 Å². The second kappa shape index (κ2) is 8.14. The third-order valence-electron chi connectivity index (χ3n) is 4.77. The molecule has 2 aromatic rings. The number of carbonyl (C=O) groups is 2. The maximum absolute atomic E-state index is 12.6. The Morgan fingerprint density at radius 2 is 1.92 bits per heavy atom. The Balaban J connectivity index is 1.72. The molecule has 3 rings (SSSR count). The Hall–Kier alpha value is -2.37. The molecule has 2 amide bonds. The van der Waals surface area contributed by atoms with Crippen molar-refractivity contribution in [2.24, 2.45) is 0 Å². The number of carbonyl (C=O) groups excluding carboxylic acids is 2. The SMILES string of the molecule is CC(=O)NCCCNC(=O)c1nc(C2CCCCC2)n2ccccc12. The Kier molecular flexibility index (Phi) is 5.68. The first-order valence-corrected chi connectivity index (χ1v) is 9.16. The van der Waals surface area contributed by atoms with Crippen LogP contribution in [0.15, 0.2) is 24.4 Å². The van der Waals surface area contributed by atoms with E-state index in [1.54, 1.807) is 0 Å². The van der Waals surface area contributed by atoms with Crippen LogP contribution in [0.25, 0.3) is 5.52 Å². The van der Waals surface area contributed by atoms with Gasteiger partial charge in [0.05, 0.1) is 5.52 Å². The topological polar surface area (TPSA) is 75.5 Å². The van der Waals surface area contributed by atoms with E-state index in [0.29, 0.717) is 31.1 Å². The highest BCUT2D eigenvalue weighted by Crippen LogP contribution is 2.33. The normalized spacial score (nSPS) is 15.2. The van der Waals surface area contributed by atoms with E-state index in [1.165, 1.54) is 26.2 Å². The highest BCUT2D eigenvalue weighted by Gasteiger charge is 2.24. The second-order valence-electron chi connectivity index (χ2n) is 6.70. The van der Waals surface area contributed by atoms with Gasteiger partial charge in [-0.1, -0.05) is 25.3 Å². The molecule has 1 fully saturated rings. The van der Waals surface area contributed by atoms with Crippen LogP contribution >= 0.6 is 0 Å². The quantitative estimate of drug-likeness (QED) is 0.793. The van der Waals surface area contributed by atoms with Gasteiger partial charge in [0.25, 0.3) is 5.91 Å². The van der Waals surface area contributed by atoms with Crippen LogP contribution in [0.3, 0.4) is 0 Å². The van der Waals surface area contributed by atoms with E-state index in [9.17, 15) is 9.59 Å². The van der Waals surface area contributed by atoms with E-state index in [-0.39, 0.29) is 11.8 Å². The number of rotatable bonds is 6.